The van der Waals surface area contributed by atoms with Gasteiger partial charge < -0.3 is 9.47 Å². The van der Waals surface area contributed by atoms with Crippen LogP contribution in [0.2, 0.25) is 0 Å². The predicted octanol–water partition coefficient (Wildman–Crippen LogP) is 3.77. The van der Waals surface area contributed by atoms with Gasteiger partial charge in [0.25, 0.3) is 5.91 Å². The van der Waals surface area contributed by atoms with Crippen LogP contribution in [0.4, 0.5) is 0 Å². The fraction of sp³-hybridized carbons (Fsp3) is 0.222. The molecule has 2 rings (SSSR count). The number of nitrogens with one attached hydrogen (secondary N) is 1. The molecule has 0 saturated carbocycles. The lowest BCUT2D eigenvalue weighted by atomic mass is 10.2. The number of carbonyl (C=O) groups excluding carboxylic acids is 1. The Balaban J connectivity index is 1.84. The van der Waals surface area contributed by atoms with Gasteiger partial charge in [0.2, 0.25) is 0 Å². The number of hydrazone groups is 1. The van der Waals surface area contributed by atoms with Gasteiger partial charge in [-0.3, -0.25) is 4.79 Å². The van der Waals surface area contributed by atoms with Gasteiger partial charge in [-0.05, 0) is 36.8 Å². The fourth-order valence-corrected chi connectivity index (χ4v) is 2.22. The number of rotatable bonds is 8. The van der Waals surface area contributed by atoms with Crippen molar-refractivity contribution in [2.24, 2.45) is 5.10 Å². The van der Waals surface area contributed by atoms with Crippen molar-refractivity contribution in [3.8, 4) is 11.5 Å². The zero-order valence-corrected chi connectivity index (χ0v) is 15.0. The zero-order chi connectivity index (χ0) is 17.2. The summed E-state index contributed by atoms with van der Waals surface area (Å²) in [5.41, 5.74) is 3.24. The third-order valence-electron chi connectivity index (χ3n) is 2.94. The Hall–Kier alpha value is -2.34. The van der Waals surface area contributed by atoms with Crippen LogP contribution in [0.15, 0.2) is 58.1 Å². The first-order chi connectivity index (χ1) is 11.7. The Bertz CT molecular complexity index is 704. The monoisotopic (exact) mass is 390 g/mol. The Morgan fingerprint density at radius 1 is 1.21 bits per heavy atom. The van der Waals surface area contributed by atoms with Gasteiger partial charge in [0.05, 0.1) is 12.8 Å². The number of halogens is 1. The van der Waals surface area contributed by atoms with E-state index < -0.39 is 0 Å². The number of ether oxygens (including phenoxy) is 2. The van der Waals surface area contributed by atoms with Gasteiger partial charge in [-0.15, -0.1) is 0 Å². The minimum atomic E-state index is -0.335. The van der Waals surface area contributed by atoms with Crippen LogP contribution in [0.25, 0.3) is 0 Å². The molecule has 0 saturated heterocycles. The molecule has 0 aliphatic rings. The largest absolute Gasteiger partial charge is 0.493 e. The standard InChI is InChI=1S/C18H19BrN2O3/c1-2-10-23-17-9-4-3-6-14(17)12-20-21-18(22)13-24-16-8-5-7-15(19)11-16/h3-9,11-12H,2,10,13H2,1H3,(H,21,22)/b20-12-. The first-order valence-corrected chi connectivity index (χ1v) is 8.40. The van der Waals surface area contributed by atoms with Crippen molar-refractivity contribution in [1.82, 2.24) is 5.43 Å². The maximum absolute atomic E-state index is 11.8. The van der Waals surface area contributed by atoms with E-state index in [1.807, 2.05) is 43.3 Å². The van der Waals surface area contributed by atoms with E-state index in [1.54, 1.807) is 18.3 Å². The molecule has 1 N–H and O–H groups in total. The average molecular weight is 391 g/mol. The molecule has 0 radical (unpaired) electrons. The number of benzene rings is 2. The molecule has 2 aromatic carbocycles. The van der Waals surface area contributed by atoms with Crippen LogP contribution < -0.4 is 14.9 Å². The molecular formula is C18H19BrN2O3. The highest BCUT2D eigenvalue weighted by molar-refractivity contribution is 9.10. The van der Waals surface area contributed by atoms with Gasteiger partial charge >= 0.3 is 0 Å². The van der Waals surface area contributed by atoms with Crippen molar-refractivity contribution in [3.05, 3.63) is 58.6 Å². The van der Waals surface area contributed by atoms with E-state index >= 15 is 0 Å². The molecule has 0 aliphatic heterocycles. The topological polar surface area (TPSA) is 59.9 Å². The summed E-state index contributed by atoms with van der Waals surface area (Å²) in [5, 5.41) is 3.95. The second kappa shape index (κ2) is 9.72. The summed E-state index contributed by atoms with van der Waals surface area (Å²) in [4.78, 5) is 11.8. The molecule has 0 atom stereocenters. The van der Waals surface area contributed by atoms with Gasteiger partial charge in [0.1, 0.15) is 11.5 Å². The molecule has 1 amide bonds. The molecule has 24 heavy (non-hydrogen) atoms. The number of para-hydroxylation sites is 1. The van der Waals surface area contributed by atoms with Crippen LogP contribution in [0.1, 0.15) is 18.9 Å². The van der Waals surface area contributed by atoms with E-state index in [-0.39, 0.29) is 12.5 Å². The van der Waals surface area contributed by atoms with Gasteiger partial charge in [-0.25, -0.2) is 5.43 Å². The minimum absolute atomic E-state index is 0.109. The second-order valence-corrected chi connectivity index (χ2v) is 5.84. The molecule has 0 bridgehead atoms. The van der Waals surface area contributed by atoms with Gasteiger partial charge in [0, 0.05) is 10.0 Å². The SMILES string of the molecule is CCCOc1ccccc1/C=N\NC(=O)COc1cccc(Br)c1. The summed E-state index contributed by atoms with van der Waals surface area (Å²) in [6.45, 7) is 2.57. The van der Waals surface area contributed by atoms with Crippen molar-refractivity contribution >= 4 is 28.1 Å². The van der Waals surface area contributed by atoms with E-state index in [1.165, 1.54) is 0 Å². The molecule has 0 fully saturated rings. The molecule has 6 heteroatoms. The molecule has 0 spiro atoms. The van der Waals surface area contributed by atoms with Crippen LogP contribution in [0.3, 0.4) is 0 Å². The summed E-state index contributed by atoms with van der Waals surface area (Å²) in [5.74, 6) is 1.02. The predicted molar refractivity (Wildman–Crippen MR) is 97.6 cm³/mol. The van der Waals surface area contributed by atoms with Gasteiger partial charge in [-0.1, -0.05) is 41.1 Å². The Morgan fingerprint density at radius 3 is 2.83 bits per heavy atom. The molecule has 126 valence electrons. The van der Waals surface area contributed by atoms with Crippen molar-refractivity contribution < 1.29 is 14.3 Å². The van der Waals surface area contributed by atoms with Crippen LogP contribution in [0.5, 0.6) is 11.5 Å². The molecule has 0 heterocycles. The summed E-state index contributed by atoms with van der Waals surface area (Å²) in [7, 11) is 0. The van der Waals surface area contributed by atoms with Crippen LogP contribution >= 0.6 is 15.9 Å². The van der Waals surface area contributed by atoms with Crippen LogP contribution in [0, 0.1) is 0 Å². The van der Waals surface area contributed by atoms with Crippen molar-refractivity contribution in [2.75, 3.05) is 13.2 Å². The van der Waals surface area contributed by atoms with Crippen LogP contribution in [-0.4, -0.2) is 25.3 Å². The molecule has 5 nitrogen and oxygen atoms in total. The summed E-state index contributed by atoms with van der Waals surface area (Å²) in [6, 6.07) is 14.8. The second-order valence-electron chi connectivity index (χ2n) is 4.93. The van der Waals surface area contributed by atoms with E-state index in [2.05, 4.69) is 26.5 Å². The number of hydrogen-bond donors (Lipinski definition) is 1. The lowest BCUT2D eigenvalue weighted by Gasteiger charge is -2.07. The van der Waals surface area contributed by atoms with Gasteiger partial charge in [-0.2, -0.15) is 5.10 Å². The third kappa shape index (κ3) is 6.04. The lowest BCUT2D eigenvalue weighted by molar-refractivity contribution is -0.123. The van der Waals surface area contributed by atoms with Crippen molar-refractivity contribution in [2.45, 2.75) is 13.3 Å². The molecule has 0 aliphatic carbocycles. The smallest absolute Gasteiger partial charge is 0.277 e. The van der Waals surface area contributed by atoms with Crippen molar-refractivity contribution in [3.63, 3.8) is 0 Å². The highest BCUT2D eigenvalue weighted by Crippen LogP contribution is 2.17. The minimum Gasteiger partial charge on any atom is -0.493 e. The van der Waals surface area contributed by atoms with E-state index in [9.17, 15) is 4.79 Å². The first kappa shape index (κ1) is 18.0. The normalized spacial score (nSPS) is 10.6. The van der Waals surface area contributed by atoms with E-state index in [0.717, 1.165) is 22.2 Å². The Kier molecular flexibility index (Phi) is 7.29. The van der Waals surface area contributed by atoms with Crippen molar-refractivity contribution in [1.29, 1.82) is 0 Å². The lowest BCUT2D eigenvalue weighted by Crippen LogP contribution is -2.24. The highest BCUT2D eigenvalue weighted by Gasteiger charge is 2.03. The fourth-order valence-electron chi connectivity index (χ4n) is 1.84. The Labute approximate surface area is 149 Å². The van der Waals surface area contributed by atoms with E-state index in [0.29, 0.717) is 12.4 Å². The average Bonchev–Trinajstić information content (AvgIpc) is 2.59. The van der Waals surface area contributed by atoms with E-state index in [4.69, 9.17) is 9.47 Å². The molecule has 0 aromatic heterocycles. The third-order valence-corrected chi connectivity index (χ3v) is 3.43. The molecule has 0 unspecified atom stereocenters. The summed E-state index contributed by atoms with van der Waals surface area (Å²) < 4.78 is 11.9. The maximum atomic E-state index is 11.8. The number of amides is 1. The Morgan fingerprint density at radius 2 is 2.04 bits per heavy atom. The van der Waals surface area contributed by atoms with Crippen LogP contribution in [-0.2, 0) is 4.79 Å². The molecule has 2 aromatic rings. The van der Waals surface area contributed by atoms with Gasteiger partial charge in [0.15, 0.2) is 6.61 Å². The number of nitrogens with zero attached hydrogens (tertiary/aromatic N) is 1. The molecular weight excluding hydrogens is 372 g/mol. The zero-order valence-electron chi connectivity index (χ0n) is 13.4. The quantitative estimate of drug-likeness (QED) is 0.551. The number of hydrogen-bond acceptors (Lipinski definition) is 4. The first-order valence-electron chi connectivity index (χ1n) is 7.61. The number of carbonyl (C=O) groups is 1. The maximum Gasteiger partial charge on any atom is 0.277 e. The summed E-state index contributed by atoms with van der Waals surface area (Å²) >= 11 is 3.35. The highest BCUT2D eigenvalue weighted by atomic mass is 79.9. The summed E-state index contributed by atoms with van der Waals surface area (Å²) in [6.07, 6.45) is 2.48.